The largest absolute Gasteiger partial charge is 0.493 e. The lowest BCUT2D eigenvalue weighted by Gasteiger charge is -2.37. The van der Waals surface area contributed by atoms with E-state index in [1.54, 1.807) is 16.9 Å². The van der Waals surface area contributed by atoms with Gasteiger partial charge in [-0.15, -0.1) is 0 Å². The average Bonchev–Trinajstić information content (AvgIpc) is 2.73. The van der Waals surface area contributed by atoms with Crippen molar-refractivity contribution in [3.8, 4) is 11.5 Å². The molecule has 2 heterocycles. The molecule has 1 saturated heterocycles. The molecule has 0 saturated carbocycles. The van der Waals surface area contributed by atoms with Crippen LogP contribution in [0.2, 0.25) is 0 Å². The van der Waals surface area contributed by atoms with E-state index < -0.39 is 0 Å². The SMILES string of the molecule is COc1cccc2c1OCC(C(=O)N1CCN(c3ccc(C)cc3)C(=O)C1)C2. The predicted molar refractivity (Wildman–Crippen MR) is 106 cm³/mol. The number of anilines is 1. The summed E-state index contributed by atoms with van der Waals surface area (Å²) in [4.78, 5) is 29.0. The molecule has 1 fully saturated rings. The zero-order chi connectivity index (χ0) is 19.7. The molecule has 0 aromatic heterocycles. The third-order valence-corrected chi connectivity index (χ3v) is 5.40. The highest BCUT2D eigenvalue weighted by atomic mass is 16.5. The van der Waals surface area contributed by atoms with Crippen molar-refractivity contribution in [2.75, 3.05) is 38.3 Å². The van der Waals surface area contributed by atoms with E-state index in [1.807, 2.05) is 49.4 Å². The minimum Gasteiger partial charge on any atom is -0.493 e. The second-order valence-electron chi connectivity index (χ2n) is 7.30. The first-order valence-electron chi connectivity index (χ1n) is 9.51. The standard InChI is InChI=1S/C22H24N2O4/c1-15-6-8-18(9-7-15)24-11-10-23(13-20(24)25)22(26)17-12-16-4-3-5-19(27-2)21(16)28-14-17/h3-9,17H,10-14H2,1-2H3. The molecular formula is C22H24N2O4. The van der Waals surface area contributed by atoms with Gasteiger partial charge in [0, 0.05) is 18.8 Å². The Bertz CT molecular complexity index is 894. The Balaban J connectivity index is 1.42. The number of piperazine rings is 1. The molecule has 28 heavy (non-hydrogen) atoms. The lowest BCUT2D eigenvalue weighted by atomic mass is 9.95. The van der Waals surface area contributed by atoms with Gasteiger partial charge in [-0.3, -0.25) is 9.59 Å². The maximum atomic E-state index is 13.0. The van der Waals surface area contributed by atoms with E-state index in [1.165, 1.54) is 0 Å². The first-order valence-corrected chi connectivity index (χ1v) is 9.51. The predicted octanol–water partition coefficient (Wildman–Crippen LogP) is 2.43. The lowest BCUT2D eigenvalue weighted by Crippen LogP contribution is -2.54. The Hall–Kier alpha value is -3.02. The van der Waals surface area contributed by atoms with E-state index in [0.717, 1.165) is 16.8 Å². The van der Waals surface area contributed by atoms with Gasteiger partial charge >= 0.3 is 0 Å². The summed E-state index contributed by atoms with van der Waals surface area (Å²) in [7, 11) is 1.61. The molecule has 2 aliphatic rings. The van der Waals surface area contributed by atoms with Gasteiger partial charge in [0.1, 0.15) is 13.2 Å². The van der Waals surface area contributed by atoms with Gasteiger partial charge in [0.15, 0.2) is 11.5 Å². The molecule has 2 aromatic rings. The summed E-state index contributed by atoms with van der Waals surface area (Å²) in [6.45, 7) is 3.46. The van der Waals surface area contributed by atoms with Gasteiger partial charge in [0.05, 0.1) is 13.0 Å². The van der Waals surface area contributed by atoms with E-state index in [9.17, 15) is 9.59 Å². The molecule has 2 aromatic carbocycles. The van der Waals surface area contributed by atoms with E-state index >= 15 is 0 Å². The molecule has 0 aliphatic carbocycles. The summed E-state index contributed by atoms with van der Waals surface area (Å²) >= 11 is 0. The molecular weight excluding hydrogens is 356 g/mol. The Morgan fingerprint density at radius 2 is 1.93 bits per heavy atom. The first kappa shape index (κ1) is 18.3. The van der Waals surface area contributed by atoms with E-state index in [2.05, 4.69) is 0 Å². The zero-order valence-corrected chi connectivity index (χ0v) is 16.2. The highest BCUT2D eigenvalue weighted by Crippen LogP contribution is 2.36. The number of nitrogens with zero attached hydrogens (tertiary/aromatic N) is 2. The minimum atomic E-state index is -0.279. The fraction of sp³-hybridized carbons (Fsp3) is 0.364. The Labute approximate surface area is 164 Å². The van der Waals surface area contributed by atoms with Crippen molar-refractivity contribution in [2.24, 2.45) is 5.92 Å². The van der Waals surface area contributed by atoms with Crippen molar-refractivity contribution in [1.29, 1.82) is 0 Å². The third-order valence-electron chi connectivity index (χ3n) is 5.40. The lowest BCUT2D eigenvalue weighted by molar-refractivity contribution is -0.141. The van der Waals surface area contributed by atoms with Crippen LogP contribution in [0.15, 0.2) is 42.5 Å². The third kappa shape index (κ3) is 3.42. The average molecular weight is 380 g/mol. The normalized spacial score (nSPS) is 19.1. The number of amides is 2. The molecule has 1 unspecified atom stereocenters. The van der Waals surface area contributed by atoms with Crippen LogP contribution < -0.4 is 14.4 Å². The molecule has 0 spiro atoms. The molecule has 1 atom stereocenters. The van der Waals surface area contributed by atoms with Crippen molar-refractivity contribution in [2.45, 2.75) is 13.3 Å². The van der Waals surface area contributed by atoms with Gasteiger partial charge in [-0.25, -0.2) is 0 Å². The van der Waals surface area contributed by atoms with Crippen LogP contribution in [-0.4, -0.2) is 50.1 Å². The van der Waals surface area contributed by atoms with Crippen LogP contribution in [0.4, 0.5) is 5.69 Å². The summed E-state index contributed by atoms with van der Waals surface area (Å²) in [6, 6.07) is 13.6. The number of carbonyl (C=O) groups is 2. The number of hydrogen-bond acceptors (Lipinski definition) is 4. The van der Waals surface area contributed by atoms with Gasteiger partial charge < -0.3 is 19.3 Å². The number of fused-ring (bicyclic) bond motifs is 1. The smallest absolute Gasteiger partial charge is 0.246 e. The Kier molecular flexibility index (Phi) is 4.94. The second kappa shape index (κ2) is 7.54. The van der Waals surface area contributed by atoms with Gasteiger partial charge in [0.25, 0.3) is 0 Å². The highest BCUT2D eigenvalue weighted by molar-refractivity contribution is 5.98. The van der Waals surface area contributed by atoms with E-state index in [0.29, 0.717) is 37.6 Å². The fourth-order valence-corrected chi connectivity index (χ4v) is 3.83. The number of para-hydroxylation sites is 1. The van der Waals surface area contributed by atoms with Crippen LogP contribution in [-0.2, 0) is 16.0 Å². The molecule has 6 heteroatoms. The summed E-state index contributed by atoms with van der Waals surface area (Å²) in [5.74, 6) is 1.05. The van der Waals surface area contributed by atoms with Crippen molar-refractivity contribution >= 4 is 17.5 Å². The number of methoxy groups -OCH3 is 1. The molecule has 2 aliphatic heterocycles. The van der Waals surface area contributed by atoms with Crippen LogP contribution in [0.1, 0.15) is 11.1 Å². The van der Waals surface area contributed by atoms with Crippen LogP contribution in [0, 0.1) is 12.8 Å². The van der Waals surface area contributed by atoms with Crippen LogP contribution in [0.5, 0.6) is 11.5 Å². The summed E-state index contributed by atoms with van der Waals surface area (Å²) in [5.41, 5.74) is 3.00. The maximum Gasteiger partial charge on any atom is 0.246 e. The van der Waals surface area contributed by atoms with E-state index in [4.69, 9.17) is 9.47 Å². The molecule has 0 bridgehead atoms. The van der Waals surface area contributed by atoms with Crippen LogP contribution >= 0.6 is 0 Å². The van der Waals surface area contributed by atoms with Crippen molar-refractivity contribution in [3.05, 3.63) is 53.6 Å². The summed E-state index contributed by atoms with van der Waals surface area (Å²) in [5, 5.41) is 0. The van der Waals surface area contributed by atoms with Gasteiger partial charge in [-0.1, -0.05) is 29.8 Å². The van der Waals surface area contributed by atoms with Crippen LogP contribution in [0.25, 0.3) is 0 Å². The topological polar surface area (TPSA) is 59.1 Å². The quantitative estimate of drug-likeness (QED) is 0.821. The molecule has 2 amide bonds. The number of carbonyl (C=O) groups excluding carboxylic acids is 2. The fourth-order valence-electron chi connectivity index (χ4n) is 3.83. The molecule has 4 rings (SSSR count). The Morgan fingerprint density at radius 3 is 2.64 bits per heavy atom. The number of benzene rings is 2. The van der Waals surface area contributed by atoms with Crippen molar-refractivity contribution in [1.82, 2.24) is 4.90 Å². The molecule has 0 radical (unpaired) electrons. The number of aryl methyl sites for hydroxylation is 1. The van der Waals surface area contributed by atoms with Crippen LogP contribution in [0.3, 0.4) is 0 Å². The highest BCUT2D eigenvalue weighted by Gasteiger charge is 2.34. The molecule has 0 N–H and O–H groups in total. The zero-order valence-electron chi connectivity index (χ0n) is 16.2. The first-order chi connectivity index (χ1) is 13.6. The molecule has 146 valence electrons. The number of ether oxygens (including phenoxy) is 2. The number of rotatable bonds is 3. The second-order valence-corrected chi connectivity index (χ2v) is 7.30. The summed E-state index contributed by atoms with van der Waals surface area (Å²) in [6.07, 6.45) is 0.595. The van der Waals surface area contributed by atoms with E-state index in [-0.39, 0.29) is 24.3 Å². The summed E-state index contributed by atoms with van der Waals surface area (Å²) < 4.78 is 11.2. The minimum absolute atomic E-state index is 0.0228. The van der Waals surface area contributed by atoms with Crippen molar-refractivity contribution < 1.29 is 19.1 Å². The molecule has 6 nitrogen and oxygen atoms in total. The van der Waals surface area contributed by atoms with Gasteiger partial charge in [-0.05, 0) is 37.1 Å². The van der Waals surface area contributed by atoms with Crippen molar-refractivity contribution in [3.63, 3.8) is 0 Å². The number of hydrogen-bond donors (Lipinski definition) is 0. The van der Waals surface area contributed by atoms with Gasteiger partial charge in [-0.2, -0.15) is 0 Å². The monoisotopic (exact) mass is 380 g/mol. The van der Waals surface area contributed by atoms with Gasteiger partial charge in [0.2, 0.25) is 11.8 Å². The maximum absolute atomic E-state index is 13.0. The Morgan fingerprint density at radius 1 is 1.14 bits per heavy atom.